The third-order valence-electron chi connectivity index (χ3n) is 2.71. The highest BCUT2D eigenvalue weighted by molar-refractivity contribution is 6.35. The second-order valence-corrected chi connectivity index (χ2v) is 4.28. The Kier molecular flexibility index (Phi) is 9.72. The zero-order chi connectivity index (χ0) is 13.1. The van der Waals surface area contributed by atoms with Crippen LogP contribution in [0.15, 0.2) is 0 Å². The van der Waals surface area contributed by atoms with Gasteiger partial charge in [-0.1, -0.05) is 46.0 Å². The summed E-state index contributed by atoms with van der Waals surface area (Å²) in [6, 6.07) is -0.716. The average molecular weight is 243 g/mol. The Morgan fingerprint density at radius 3 is 2.24 bits per heavy atom. The monoisotopic (exact) mass is 243 g/mol. The predicted octanol–water partition coefficient (Wildman–Crippen LogP) is 2.20. The van der Waals surface area contributed by atoms with Gasteiger partial charge in [0.15, 0.2) is 0 Å². The van der Waals surface area contributed by atoms with Crippen molar-refractivity contribution < 1.29 is 14.3 Å². The highest BCUT2D eigenvalue weighted by Crippen LogP contribution is 2.05. The molecule has 0 rings (SSSR count). The van der Waals surface area contributed by atoms with Crippen molar-refractivity contribution in [2.45, 2.75) is 64.8 Å². The molecule has 0 bridgehead atoms. The molecule has 0 saturated heterocycles. The van der Waals surface area contributed by atoms with Crippen LogP contribution in [0.2, 0.25) is 0 Å². The highest BCUT2D eigenvalue weighted by Gasteiger charge is 2.21. The van der Waals surface area contributed by atoms with Crippen LogP contribution in [0.5, 0.6) is 0 Å². The molecule has 0 fully saturated rings. The summed E-state index contributed by atoms with van der Waals surface area (Å²) < 4.78 is 4.86. The van der Waals surface area contributed by atoms with E-state index in [0.717, 1.165) is 19.3 Å². The summed E-state index contributed by atoms with van der Waals surface area (Å²) in [5.41, 5.74) is 5.45. The van der Waals surface area contributed by atoms with E-state index in [4.69, 9.17) is 10.5 Å². The van der Waals surface area contributed by atoms with Gasteiger partial charge in [-0.05, 0) is 12.8 Å². The molecule has 0 spiro atoms. The fourth-order valence-electron chi connectivity index (χ4n) is 1.46. The van der Waals surface area contributed by atoms with Gasteiger partial charge in [0.05, 0.1) is 12.6 Å². The largest absolute Gasteiger partial charge is 0.460 e. The first-order valence-electron chi connectivity index (χ1n) is 6.60. The van der Waals surface area contributed by atoms with E-state index in [-0.39, 0.29) is 0 Å². The van der Waals surface area contributed by atoms with Crippen molar-refractivity contribution in [2.24, 2.45) is 5.73 Å². The predicted molar refractivity (Wildman–Crippen MR) is 67.6 cm³/mol. The van der Waals surface area contributed by atoms with Crippen LogP contribution in [-0.2, 0) is 14.3 Å². The van der Waals surface area contributed by atoms with Crippen LogP contribution < -0.4 is 5.73 Å². The molecule has 2 N–H and O–H groups in total. The molecular weight excluding hydrogens is 218 g/mol. The molecule has 17 heavy (non-hydrogen) atoms. The number of esters is 1. The fourth-order valence-corrected chi connectivity index (χ4v) is 1.46. The molecule has 0 saturated carbocycles. The van der Waals surface area contributed by atoms with E-state index in [0.29, 0.717) is 13.0 Å². The van der Waals surface area contributed by atoms with E-state index in [1.54, 1.807) is 6.92 Å². The molecule has 0 heterocycles. The van der Waals surface area contributed by atoms with Crippen molar-refractivity contribution in [3.63, 3.8) is 0 Å². The number of carbonyl (C=O) groups excluding carboxylic acids is 2. The minimum absolute atomic E-state index is 0.327. The quantitative estimate of drug-likeness (QED) is 0.363. The van der Waals surface area contributed by atoms with E-state index >= 15 is 0 Å². The third kappa shape index (κ3) is 7.91. The lowest BCUT2D eigenvalue weighted by Crippen LogP contribution is -2.36. The smallest absolute Gasteiger partial charge is 0.376 e. The first kappa shape index (κ1) is 16.1. The zero-order valence-electron chi connectivity index (χ0n) is 11.0. The van der Waals surface area contributed by atoms with Gasteiger partial charge in [0, 0.05) is 0 Å². The second kappa shape index (κ2) is 10.3. The molecule has 0 aromatic carbocycles. The molecule has 0 aliphatic heterocycles. The highest BCUT2D eigenvalue weighted by atomic mass is 16.5. The van der Waals surface area contributed by atoms with Crippen molar-refractivity contribution in [2.75, 3.05) is 6.61 Å². The molecule has 100 valence electrons. The maximum Gasteiger partial charge on any atom is 0.376 e. The van der Waals surface area contributed by atoms with Crippen LogP contribution in [0.1, 0.15) is 58.8 Å². The van der Waals surface area contributed by atoms with Crippen LogP contribution in [0.3, 0.4) is 0 Å². The van der Waals surface area contributed by atoms with Gasteiger partial charge in [-0.2, -0.15) is 0 Å². The Labute approximate surface area is 104 Å². The van der Waals surface area contributed by atoms with Crippen molar-refractivity contribution in [3.8, 4) is 0 Å². The van der Waals surface area contributed by atoms with Crippen molar-refractivity contribution in [3.05, 3.63) is 0 Å². The molecule has 1 unspecified atom stereocenters. The van der Waals surface area contributed by atoms with Gasteiger partial charge in [0.2, 0.25) is 0 Å². The number of Topliss-reactive ketones (excluding diaryl/α,β-unsaturated/α-hetero) is 1. The summed E-state index contributed by atoms with van der Waals surface area (Å²) in [6.07, 6.45) is 7.19. The van der Waals surface area contributed by atoms with Crippen LogP contribution in [0, 0.1) is 0 Å². The Balaban J connectivity index is 3.48. The van der Waals surface area contributed by atoms with E-state index in [9.17, 15) is 9.59 Å². The fraction of sp³-hybridized carbons (Fsp3) is 0.846. The van der Waals surface area contributed by atoms with E-state index in [1.165, 1.54) is 19.3 Å². The summed E-state index contributed by atoms with van der Waals surface area (Å²) in [6.45, 7) is 4.26. The van der Waals surface area contributed by atoms with Gasteiger partial charge in [-0.15, -0.1) is 0 Å². The number of unbranched alkanes of at least 4 members (excludes halogenated alkanes) is 5. The topological polar surface area (TPSA) is 69.4 Å². The molecule has 0 aromatic rings. The van der Waals surface area contributed by atoms with Gasteiger partial charge in [0.1, 0.15) is 0 Å². The van der Waals surface area contributed by atoms with Gasteiger partial charge < -0.3 is 10.5 Å². The van der Waals surface area contributed by atoms with Crippen molar-refractivity contribution in [1.82, 2.24) is 0 Å². The summed E-state index contributed by atoms with van der Waals surface area (Å²) in [7, 11) is 0. The Hall–Kier alpha value is -0.900. The number of rotatable bonds is 10. The maximum atomic E-state index is 11.3. The first-order chi connectivity index (χ1) is 8.13. The van der Waals surface area contributed by atoms with E-state index in [2.05, 4.69) is 6.92 Å². The molecule has 4 nitrogen and oxygen atoms in total. The van der Waals surface area contributed by atoms with E-state index < -0.39 is 17.8 Å². The van der Waals surface area contributed by atoms with Gasteiger partial charge in [-0.3, -0.25) is 4.79 Å². The molecule has 0 aliphatic rings. The maximum absolute atomic E-state index is 11.3. The van der Waals surface area contributed by atoms with Crippen molar-refractivity contribution in [1.29, 1.82) is 0 Å². The summed E-state index contributed by atoms with van der Waals surface area (Å²) in [5, 5.41) is 0. The lowest BCUT2D eigenvalue weighted by Gasteiger charge is -2.07. The molecule has 0 radical (unpaired) electrons. The van der Waals surface area contributed by atoms with E-state index in [1.807, 2.05) is 0 Å². The van der Waals surface area contributed by atoms with Crippen LogP contribution in [0.4, 0.5) is 0 Å². The second-order valence-electron chi connectivity index (χ2n) is 4.28. The lowest BCUT2D eigenvalue weighted by atomic mass is 10.1. The molecule has 0 aromatic heterocycles. The summed E-state index contributed by atoms with van der Waals surface area (Å²) in [5.74, 6) is -1.40. The summed E-state index contributed by atoms with van der Waals surface area (Å²) >= 11 is 0. The minimum atomic E-state index is -0.784. The standard InChI is InChI=1S/C13H25NO3/c1-3-5-6-7-8-9-10-17-13(16)12(15)11(14)4-2/h11H,3-10,14H2,1-2H3. The van der Waals surface area contributed by atoms with Gasteiger partial charge >= 0.3 is 5.97 Å². The molecule has 4 heteroatoms. The lowest BCUT2D eigenvalue weighted by molar-refractivity contribution is -0.154. The van der Waals surface area contributed by atoms with Gasteiger partial charge in [0.25, 0.3) is 5.78 Å². The average Bonchev–Trinajstić information content (AvgIpc) is 2.35. The normalized spacial score (nSPS) is 12.2. The Morgan fingerprint density at radius 1 is 1.06 bits per heavy atom. The van der Waals surface area contributed by atoms with Crippen LogP contribution in [-0.4, -0.2) is 24.4 Å². The van der Waals surface area contributed by atoms with Gasteiger partial charge in [-0.25, -0.2) is 4.79 Å². The Bertz CT molecular complexity index is 229. The molecule has 1 atom stereocenters. The number of carbonyl (C=O) groups is 2. The molecular formula is C13H25NO3. The van der Waals surface area contributed by atoms with Crippen LogP contribution in [0.25, 0.3) is 0 Å². The first-order valence-corrected chi connectivity index (χ1v) is 6.60. The van der Waals surface area contributed by atoms with Crippen molar-refractivity contribution >= 4 is 11.8 Å². The molecule has 0 aliphatic carbocycles. The zero-order valence-corrected chi connectivity index (χ0v) is 11.0. The minimum Gasteiger partial charge on any atom is -0.460 e. The van der Waals surface area contributed by atoms with Crippen LogP contribution >= 0.6 is 0 Å². The Morgan fingerprint density at radius 2 is 1.65 bits per heavy atom. The molecule has 0 amide bonds. The third-order valence-corrected chi connectivity index (χ3v) is 2.71. The SMILES string of the molecule is CCCCCCCCOC(=O)C(=O)C(N)CC. The number of ether oxygens (including phenoxy) is 1. The number of ketones is 1. The summed E-state index contributed by atoms with van der Waals surface area (Å²) in [4.78, 5) is 22.5. The number of hydrogen-bond acceptors (Lipinski definition) is 4. The number of hydrogen-bond donors (Lipinski definition) is 1. The number of nitrogens with two attached hydrogens (primary N) is 1.